The van der Waals surface area contributed by atoms with Gasteiger partial charge in [-0.15, -0.1) is 0 Å². The Morgan fingerprint density at radius 1 is 1.38 bits per heavy atom. The first-order chi connectivity index (χ1) is 10.2. The average Bonchev–Trinajstić information content (AvgIpc) is 2.97. The molecule has 1 aromatic carbocycles. The van der Waals surface area contributed by atoms with Crippen LogP contribution in [0, 0.1) is 0 Å². The smallest absolute Gasteiger partial charge is 0.214 e. The van der Waals surface area contributed by atoms with E-state index in [4.69, 9.17) is 9.47 Å². The number of nitrogens with one attached hydrogen (secondary N) is 1. The molecular weight excluding hydrogens is 264 g/mol. The van der Waals surface area contributed by atoms with Crippen LogP contribution >= 0.6 is 0 Å². The van der Waals surface area contributed by atoms with Crippen LogP contribution in [0.15, 0.2) is 30.3 Å². The number of nitrogens with zero attached hydrogens (tertiary/aromatic N) is 1. The Bertz CT molecular complexity index is 607. The number of rotatable bonds is 5. The standard InChI is InChI=1S/C17H22N2O2/c1-12(2)18-10-13-9-17(21-14-7-8-20-11-14)19-16-6-4-3-5-15(13)16/h3-6,9,12,14,18H,7-8,10-11H2,1-2H3. The predicted molar refractivity (Wildman–Crippen MR) is 83.6 cm³/mol. The summed E-state index contributed by atoms with van der Waals surface area (Å²) in [5, 5.41) is 4.65. The first-order valence-electron chi connectivity index (χ1n) is 7.59. The van der Waals surface area contributed by atoms with E-state index < -0.39 is 0 Å². The molecule has 21 heavy (non-hydrogen) atoms. The molecule has 2 aromatic rings. The first-order valence-corrected chi connectivity index (χ1v) is 7.59. The van der Waals surface area contributed by atoms with Gasteiger partial charge in [0.2, 0.25) is 5.88 Å². The molecule has 2 heterocycles. The van der Waals surface area contributed by atoms with Crippen LogP contribution in [-0.2, 0) is 11.3 Å². The van der Waals surface area contributed by atoms with Gasteiger partial charge in [-0.1, -0.05) is 32.0 Å². The van der Waals surface area contributed by atoms with Crippen molar-refractivity contribution in [2.24, 2.45) is 0 Å². The summed E-state index contributed by atoms with van der Waals surface area (Å²) in [6, 6.07) is 10.7. The lowest BCUT2D eigenvalue weighted by Gasteiger charge is -2.15. The fourth-order valence-corrected chi connectivity index (χ4v) is 2.52. The van der Waals surface area contributed by atoms with E-state index in [2.05, 4.69) is 36.3 Å². The summed E-state index contributed by atoms with van der Waals surface area (Å²) in [6.45, 7) is 6.56. The highest BCUT2D eigenvalue weighted by atomic mass is 16.5. The first kappa shape index (κ1) is 14.3. The van der Waals surface area contributed by atoms with Gasteiger partial charge in [0.05, 0.1) is 18.7 Å². The second-order valence-electron chi connectivity index (χ2n) is 5.78. The van der Waals surface area contributed by atoms with Gasteiger partial charge < -0.3 is 14.8 Å². The third kappa shape index (κ3) is 3.52. The van der Waals surface area contributed by atoms with Crippen LogP contribution in [0.1, 0.15) is 25.8 Å². The molecule has 4 heteroatoms. The zero-order chi connectivity index (χ0) is 14.7. The van der Waals surface area contributed by atoms with E-state index in [0.717, 1.165) is 25.1 Å². The molecule has 0 spiro atoms. The minimum Gasteiger partial charge on any atom is -0.472 e. The molecule has 0 bridgehead atoms. The zero-order valence-electron chi connectivity index (χ0n) is 12.6. The van der Waals surface area contributed by atoms with Crippen LogP contribution in [0.5, 0.6) is 5.88 Å². The number of hydrogen-bond acceptors (Lipinski definition) is 4. The van der Waals surface area contributed by atoms with Crippen LogP contribution in [-0.4, -0.2) is 30.3 Å². The number of ether oxygens (including phenoxy) is 2. The van der Waals surface area contributed by atoms with Crippen LogP contribution in [0.2, 0.25) is 0 Å². The van der Waals surface area contributed by atoms with Crippen molar-refractivity contribution < 1.29 is 9.47 Å². The molecule has 1 aliphatic rings. The lowest BCUT2D eigenvalue weighted by atomic mass is 10.1. The number of aromatic nitrogens is 1. The van der Waals surface area contributed by atoms with Crippen molar-refractivity contribution in [3.05, 3.63) is 35.9 Å². The number of benzene rings is 1. The fourth-order valence-electron chi connectivity index (χ4n) is 2.52. The molecule has 1 fully saturated rings. The molecule has 0 aliphatic carbocycles. The van der Waals surface area contributed by atoms with Crippen LogP contribution in [0.25, 0.3) is 10.9 Å². The SMILES string of the molecule is CC(C)NCc1cc(OC2CCOC2)nc2ccccc12. The van der Waals surface area contributed by atoms with Crippen molar-refractivity contribution in [1.29, 1.82) is 0 Å². The Balaban J connectivity index is 1.89. The predicted octanol–water partition coefficient (Wildman–Crippen LogP) is 2.90. The zero-order valence-corrected chi connectivity index (χ0v) is 12.6. The Morgan fingerprint density at radius 3 is 3.00 bits per heavy atom. The molecule has 1 unspecified atom stereocenters. The highest BCUT2D eigenvalue weighted by molar-refractivity contribution is 5.82. The molecule has 4 nitrogen and oxygen atoms in total. The van der Waals surface area contributed by atoms with Crippen LogP contribution in [0.3, 0.4) is 0 Å². The summed E-state index contributed by atoms with van der Waals surface area (Å²) in [4.78, 5) is 4.62. The average molecular weight is 286 g/mol. The maximum atomic E-state index is 5.97. The molecular formula is C17H22N2O2. The summed E-state index contributed by atoms with van der Waals surface area (Å²) < 4.78 is 11.3. The Hall–Kier alpha value is -1.65. The van der Waals surface area contributed by atoms with Gasteiger partial charge in [0.1, 0.15) is 6.10 Å². The molecule has 1 aromatic heterocycles. The highest BCUT2D eigenvalue weighted by Gasteiger charge is 2.18. The van der Waals surface area contributed by atoms with E-state index in [9.17, 15) is 0 Å². The Kier molecular flexibility index (Phi) is 4.36. The van der Waals surface area contributed by atoms with Crippen molar-refractivity contribution >= 4 is 10.9 Å². The normalized spacial score (nSPS) is 18.5. The molecule has 1 N–H and O–H groups in total. The fraction of sp³-hybridized carbons (Fsp3) is 0.471. The summed E-state index contributed by atoms with van der Waals surface area (Å²) in [5.74, 6) is 0.699. The molecule has 1 saturated heterocycles. The molecule has 0 amide bonds. The van der Waals surface area contributed by atoms with E-state index in [1.165, 1.54) is 10.9 Å². The highest BCUT2D eigenvalue weighted by Crippen LogP contribution is 2.24. The topological polar surface area (TPSA) is 43.4 Å². The largest absolute Gasteiger partial charge is 0.472 e. The number of fused-ring (bicyclic) bond motifs is 1. The van der Waals surface area contributed by atoms with Gasteiger partial charge >= 0.3 is 0 Å². The van der Waals surface area contributed by atoms with Gasteiger partial charge in [-0.3, -0.25) is 0 Å². The van der Waals surface area contributed by atoms with E-state index >= 15 is 0 Å². The van der Waals surface area contributed by atoms with Crippen molar-refractivity contribution in [3.8, 4) is 5.88 Å². The minimum atomic E-state index is 0.129. The molecule has 0 saturated carbocycles. The lowest BCUT2D eigenvalue weighted by Crippen LogP contribution is -2.22. The third-order valence-electron chi connectivity index (χ3n) is 3.65. The molecule has 112 valence electrons. The van der Waals surface area contributed by atoms with Crippen molar-refractivity contribution in [2.45, 2.75) is 39.0 Å². The summed E-state index contributed by atoms with van der Waals surface area (Å²) >= 11 is 0. The van der Waals surface area contributed by atoms with Gasteiger partial charge in [-0.25, -0.2) is 4.98 Å². The third-order valence-corrected chi connectivity index (χ3v) is 3.65. The van der Waals surface area contributed by atoms with Gasteiger partial charge in [-0.05, 0) is 11.6 Å². The van der Waals surface area contributed by atoms with Crippen LogP contribution < -0.4 is 10.1 Å². The van der Waals surface area contributed by atoms with Gasteiger partial charge in [0, 0.05) is 30.5 Å². The maximum Gasteiger partial charge on any atom is 0.214 e. The van der Waals surface area contributed by atoms with E-state index in [0.29, 0.717) is 18.5 Å². The number of pyridine rings is 1. The monoisotopic (exact) mass is 286 g/mol. The minimum absolute atomic E-state index is 0.129. The molecule has 0 radical (unpaired) electrons. The van der Waals surface area contributed by atoms with E-state index in [1.54, 1.807) is 0 Å². The second kappa shape index (κ2) is 6.41. The van der Waals surface area contributed by atoms with Gasteiger partial charge in [-0.2, -0.15) is 0 Å². The van der Waals surface area contributed by atoms with Crippen molar-refractivity contribution in [3.63, 3.8) is 0 Å². The number of para-hydroxylation sites is 1. The summed E-state index contributed by atoms with van der Waals surface area (Å²) in [6.07, 6.45) is 1.07. The molecule has 3 rings (SSSR count). The Labute approximate surface area is 125 Å². The second-order valence-corrected chi connectivity index (χ2v) is 5.78. The Morgan fingerprint density at radius 2 is 2.24 bits per heavy atom. The van der Waals surface area contributed by atoms with Crippen molar-refractivity contribution in [1.82, 2.24) is 10.3 Å². The van der Waals surface area contributed by atoms with E-state index in [1.807, 2.05) is 18.2 Å². The van der Waals surface area contributed by atoms with Crippen molar-refractivity contribution in [2.75, 3.05) is 13.2 Å². The quantitative estimate of drug-likeness (QED) is 0.918. The maximum absolute atomic E-state index is 5.97. The van der Waals surface area contributed by atoms with E-state index in [-0.39, 0.29) is 6.10 Å². The molecule has 1 aliphatic heterocycles. The lowest BCUT2D eigenvalue weighted by molar-refractivity contribution is 0.138. The summed E-state index contributed by atoms with van der Waals surface area (Å²) in [7, 11) is 0. The summed E-state index contributed by atoms with van der Waals surface area (Å²) in [5.41, 5.74) is 2.21. The number of hydrogen-bond donors (Lipinski definition) is 1. The molecule has 1 atom stereocenters. The van der Waals surface area contributed by atoms with Gasteiger partial charge in [0.15, 0.2) is 0 Å². The van der Waals surface area contributed by atoms with Crippen LogP contribution in [0.4, 0.5) is 0 Å². The van der Waals surface area contributed by atoms with Gasteiger partial charge in [0.25, 0.3) is 0 Å².